The van der Waals surface area contributed by atoms with Gasteiger partial charge in [-0.25, -0.2) is 0 Å². The zero-order chi connectivity index (χ0) is 12.6. The summed E-state index contributed by atoms with van der Waals surface area (Å²) in [4.78, 5) is 3.42. The van der Waals surface area contributed by atoms with Crippen LogP contribution in [0.4, 0.5) is 0 Å². The second-order valence-corrected chi connectivity index (χ2v) is 4.64. The van der Waals surface area contributed by atoms with Crippen molar-refractivity contribution >= 4 is 10.9 Å². The predicted octanol–water partition coefficient (Wildman–Crippen LogP) is 2.86. The van der Waals surface area contributed by atoms with Crippen LogP contribution < -0.4 is 10.5 Å². The van der Waals surface area contributed by atoms with Crippen molar-refractivity contribution in [1.82, 2.24) is 4.98 Å². The Bertz CT molecular complexity index is 543. The topological polar surface area (TPSA) is 51.0 Å². The highest BCUT2D eigenvalue weighted by Gasteiger charge is 2.17. The van der Waals surface area contributed by atoms with Crippen molar-refractivity contribution in [2.24, 2.45) is 5.73 Å². The highest BCUT2D eigenvalue weighted by atomic mass is 16.5. The van der Waals surface area contributed by atoms with Gasteiger partial charge in [0.1, 0.15) is 5.75 Å². The number of benzene rings is 1. The second-order valence-electron chi connectivity index (χ2n) is 4.64. The van der Waals surface area contributed by atoms with Crippen LogP contribution in [0.25, 0.3) is 10.9 Å². The Kier molecular flexibility index (Phi) is 3.11. The summed E-state index contributed by atoms with van der Waals surface area (Å²) in [6.07, 6.45) is 0. The Labute approximate surface area is 102 Å². The van der Waals surface area contributed by atoms with Crippen molar-refractivity contribution < 1.29 is 4.74 Å². The van der Waals surface area contributed by atoms with Crippen LogP contribution in [-0.2, 0) is 0 Å². The zero-order valence-electron chi connectivity index (χ0n) is 10.9. The first-order chi connectivity index (χ1) is 8.10. The van der Waals surface area contributed by atoms with E-state index in [9.17, 15) is 0 Å². The quantitative estimate of drug-likeness (QED) is 0.855. The SMILES string of the molecule is COc1ccc(C)c2c(C(C)CN)c(C)[nH]c12. The molecule has 2 rings (SSSR count). The fraction of sp³-hybridized carbons (Fsp3) is 0.429. The van der Waals surface area contributed by atoms with Crippen LogP contribution in [0.5, 0.6) is 5.75 Å². The molecule has 0 fully saturated rings. The molecule has 2 aromatic rings. The van der Waals surface area contributed by atoms with Crippen LogP contribution >= 0.6 is 0 Å². The normalized spacial score (nSPS) is 13.0. The van der Waals surface area contributed by atoms with Crippen LogP contribution in [0.15, 0.2) is 12.1 Å². The van der Waals surface area contributed by atoms with Crippen molar-refractivity contribution in [3.05, 3.63) is 29.0 Å². The highest BCUT2D eigenvalue weighted by Crippen LogP contribution is 2.35. The molecular weight excluding hydrogens is 212 g/mol. The zero-order valence-corrected chi connectivity index (χ0v) is 10.9. The standard InChI is InChI=1S/C14H20N2O/c1-8-5-6-11(17-4)14-13(8)12(9(2)7-15)10(3)16-14/h5-6,9,16H,7,15H2,1-4H3. The van der Waals surface area contributed by atoms with E-state index in [1.165, 1.54) is 22.2 Å². The molecule has 0 aliphatic heterocycles. The maximum absolute atomic E-state index is 5.80. The maximum atomic E-state index is 5.80. The summed E-state index contributed by atoms with van der Waals surface area (Å²) in [5.41, 5.74) is 10.7. The summed E-state index contributed by atoms with van der Waals surface area (Å²) >= 11 is 0. The van der Waals surface area contributed by atoms with Crippen molar-refractivity contribution in [2.75, 3.05) is 13.7 Å². The average Bonchev–Trinajstić information content (AvgIpc) is 2.67. The Morgan fingerprint density at radius 2 is 2.06 bits per heavy atom. The lowest BCUT2D eigenvalue weighted by Crippen LogP contribution is -2.09. The van der Waals surface area contributed by atoms with Crippen LogP contribution in [0.1, 0.15) is 29.7 Å². The summed E-state index contributed by atoms with van der Waals surface area (Å²) in [6, 6.07) is 4.10. The van der Waals surface area contributed by atoms with E-state index in [1.807, 2.05) is 6.07 Å². The molecule has 3 heteroatoms. The van der Waals surface area contributed by atoms with Gasteiger partial charge < -0.3 is 15.5 Å². The first-order valence-corrected chi connectivity index (χ1v) is 5.96. The summed E-state index contributed by atoms with van der Waals surface area (Å²) in [6.45, 7) is 7.04. The van der Waals surface area contributed by atoms with E-state index in [1.54, 1.807) is 7.11 Å². The molecule has 0 saturated heterocycles. The van der Waals surface area contributed by atoms with Gasteiger partial charge in [0, 0.05) is 11.1 Å². The molecule has 0 aliphatic rings. The molecule has 3 N–H and O–H groups in total. The van der Waals surface area contributed by atoms with Crippen LogP contribution in [0.2, 0.25) is 0 Å². The van der Waals surface area contributed by atoms with Gasteiger partial charge >= 0.3 is 0 Å². The average molecular weight is 232 g/mol. The molecule has 1 aromatic heterocycles. The number of aromatic nitrogens is 1. The smallest absolute Gasteiger partial charge is 0.142 e. The van der Waals surface area contributed by atoms with E-state index in [0.29, 0.717) is 12.5 Å². The molecule has 0 spiro atoms. The van der Waals surface area contributed by atoms with E-state index in [2.05, 4.69) is 31.8 Å². The van der Waals surface area contributed by atoms with Gasteiger partial charge in [-0.05, 0) is 43.5 Å². The minimum Gasteiger partial charge on any atom is -0.495 e. The minimum atomic E-state index is 0.356. The van der Waals surface area contributed by atoms with E-state index in [0.717, 1.165) is 11.3 Å². The van der Waals surface area contributed by atoms with Crippen LogP contribution in [-0.4, -0.2) is 18.6 Å². The summed E-state index contributed by atoms with van der Waals surface area (Å²) in [7, 11) is 1.70. The Hall–Kier alpha value is -1.48. The molecule has 0 bridgehead atoms. The molecule has 92 valence electrons. The Balaban J connectivity index is 2.80. The fourth-order valence-corrected chi connectivity index (χ4v) is 2.51. The number of aryl methyl sites for hydroxylation is 2. The van der Waals surface area contributed by atoms with E-state index in [-0.39, 0.29) is 0 Å². The first-order valence-electron chi connectivity index (χ1n) is 5.96. The fourth-order valence-electron chi connectivity index (χ4n) is 2.51. The first kappa shape index (κ1) is 12.0. The minimum absolute atomic E-state index is 0.356. The van der Waals surface area contributed by atoms with Crippen molar-refractivity contribution in [3.63, 3.8) is 0 Å². The molecule has 1 unspecified atom stereocenters. The number of ether oxygens (including phenoxy) is 1. The summed E-state index contributed by atoms with van der Waals surface area (Å²) in [5, 5.41) is 1.26. The largest absolute Gasteiger partial charge is 0.495 e. The third kappa shape index (κ3) is 1.80. The lowest BCUT2D eigenvalue weighted by molar-refractivity contribution is 0.419. The molecule has 3 nitrogen and oxygen atoms in total. The third-order valence-corrected chi connectivity index (χ3v) is 3.43. The molecule has 17 heavy (non-hydrogen) atoms. The number of fused-ring (bicyclic) bond motifs is 1. The van der Waals surface area contributed by atoms with Gasteiger partial charge in [0.05, 0.1) is 12.6 Å². The van der Waals surface area contributed by atoms with E-state index < -0.39 is 0 Å². The van der Waals surface area contributed by atoms with Gasteiger partial charge in [0.25, 0.3) is 0 Å². The van der Waals surface area contributed by atoms with Crippen molar-refractivity contribution in [2.45, 2.75) is 26.7 Å². The Morgan fingerprint density at radius 1 is 1.35 bits per heavy atom. The Morgan fingerprint density at radius 3 is 2.65 bits per heavy atom. The number of nitrogens with one attached hydrogen (secondary N) is 1. The molecule has 1 atom stereocenters. The van der Waals surface area contributed by atoms with Gasteiger partial charge in [-0.3, -0.25) is 0 Å². The van der Waals surface area contributed by atoms with E-state index >= 15 is 0 Å². The van der Waals surface area contributed by atoms with Gasteiger partial charge in [-0.2, -0.15) is 0 Å². The maximum Gasteiger partial charge on any atom is 0.142 e. The number of nitrogens with two attached hydrogens (primary N) is 1. The molecule has 1 aromatic carbocycles. The molecule has 0 amide bonds. The predicted molar refractivity (Wildman–Crippen MR) is 71.8 cm³/mol. The highest BCUT2D eigenvalue weighted by molar-refractivity contribution is 5.92. The summed E-state index contributed by atoms with van der Waals surface area (Å²) in [5.74, 6) is 1.25. The lowest BCUT2D eigenvalue weighted by atomic mass is 9.95. The number of methoxy groups -OCH3 is 1. The van der Waals surface area contributed by atoms with E-state index in [4.69, 9.17) is 10.5 Å². The van der Waals surface area contributed by atoms with Crippen molar-refractivity contribution in [1.29, 1.82) is 0 Å². The molecule has 0 radical (unpaired) electrons. The van der Waals surface area contributed by atoms with Crippen LogP contribution in [0.3, 0.4) is 0 Å². The monoisotopic (exact) mass is 232 g/mol. The number of H-pyrrole nitrogens is 1. The molecule has 0 saturated carbocycles. The van der Waals surface area contributed by atoms with Gasteiger partial charge in [0.15, 0.2) is 0 Å². The number of hydrogen-bond donors (Lipinski definition) is 2. The number of aromatic amines is 1. The lowest BCUT2D eigenvalue weighted by Gasteiger charge is -2.11. The number of hydrogen-bond acceptors (Lipinski definition) is 2. The van der Waals surface area contributed by atoms with Gasteiger partial charge in [-0.15, -0.1) is 0 Å². The van der Waals surface area contributed by atoms with Gasteiger partial charge in [0.2, 0.25) is 0 Å². The number of rotatable bonds is 3. The molecule has 1 heterocycles. The second kappa shape index (κ2) is 4.41. The van der Waals surface area contributed by atoms with Crippen LogP contribution in [0, 0.1) is 13.8 Å². The third-order valence-electron chi connectivity index (χ3n) is 3.43. The molecular formula is C14H20N2O. The molecule has 0 aliphatic carbocycles. The van der Waals surface area contributed by atoms with Gasteiger partial charge in [-0.1, -0.05) is 13.0 Å². The van der Waals surface area contributed by atoms with Crippen molar-refractivity contribution in [3.8, 4) is 5.75 Å². The summed E-state index contributed by atoms with van der Waals surface area (Å²) < 4.78 is 5.40.